The fraction of sp³-hybridized carbons (Fsp3) is 0.500. The highest BCUT2D eigenvalue weighted by atomic mass is 16.5. The molecule has 2 aromatic carbocycles. The minimum Gasteiger partial charge on any atom is -0.465 e. The van der Waals surface area contributed by atoms with Crippen LogP contribution in [0.4, 0.5) is 0 Å². The second-order valence-electron chi connectivity index (χ2n) is 5.46. The first-order valence-electron chi connectivity index (χ1n) is 10.8. The lowest BCUT2D eigenvalue weighted by Gasteiger charge is -2.05. The number of aryl methyl sites for hydroxylation is 1. The van der Waals surface area contributed by atoms with Gasteiger partial charge in [0, 0.05) is 27.9 Å². The Labute approximate surface area is 185 Å². The molecular formula is C26H44O4. The number of hydrogen-bond acceptors (Lipinski definition) is 4. The van der Waals surface area contributed by atoms with Crippen molar-refractivity contribution >= 4 is 5.97 Å². The summed E-state index contributed by atoms with van der Waals surface area (Å²) in [5, 5.41) is 0. The molecule has 0 aromatic heterocycles. The molecule has 0 amide bonds. The van der Waals surface area contributed by atoms with Crippen LogP contribution in [-0.4, -0.2) is 40.5 Å². The molecule has 0 saturated heterocycles. The number of rotatable bonds is 7. The van der Waals surface area contributed by atoms with Crippen molar-refractivity contribution in [2.75, 3.05) is 34.5 Å². The Hall–Kier alpha value is -2.17. The van der Waals surface area contributed by atoms with Gasteiger partial charge >= 0.3 is 5.97 Å². The molecular weight excluding hydrogens is 376 g/mol. The molecule has 0 unspecified atom stereocenters. The first-order chi connectivity index (χ1) is 14.7. The SMILES string of the molecule is CC.CC.CCOC.COC.O=C(Cc1ccccc1)OCCCc1ccccc1. The summed E-state index contributed by atoms with van der Waals surface area (Å²) in [5.74, 6) is -0.153. The second kappa shape index (κ2) is 29.0. The van der Waals surface area contributed by atoms with E-state index in [0.29, 0.717) is 13.0 Å². The molecule has 4 nitrogen and oxygen atoms in total. The van der Waals surface area contributed by atoms with E-state index in [-0.39, 0.29) is 5.97 Å². The third-order valence-electron chi connectivity index (χ3n) is 3.20. The van der Waals surface area contributed by atoms with E-state index in [9.17, 15) is 4.79 Å². The molecule has 2 rings (SSSR count). The van der Waals surface area contributed by atoms with Gasteiger partial charge in [-0.25, -0.2) is 0 Å². The largest absolute Gasteiger partial charge is 0.465 e. The van der Waals surface area contributed by atoms with Crippen LogP contribution in [0.2, 0.25) is 0 Å². The Morgan fingerprint density at radius 3 is 1.57 bits per heavy atom. The number of esters is 1. The Bertz CT molecular complexity index is 539. The van der Waals surface area contributed by atoms with Crippen LogP contribution in [0, 0.1) is 0 Å². The van der Waals surface area contributed by atoms with Gasteiger partial charge in [0.05, 0.1) is 13.0 Å². The molecule has 4 heteroatoms. The van der Waals surface area contributed by atoms with Crippen molar-refractivity contribution in [3.8, 4) is 0 Å². The summed E-state index contributed by atoms with van der Waals surface area (Å²) >= 11 is 0. The molecule has 0 heterocycles. The highest BCUT2D eigenvalue weighted by molar-refractivity contribution is 5.72. The van der Waals surface area contributed by atoms with E-state index in [1.165, 1.54) is 5.56 Å². The molecule has 0 aliphatic carbocycles. The maximum atomic E-state index is 11.6. The normalized spacial score (nSPS) is 8.40. The first kappa shape index (κ1) is 32.5. The van der Waals surface area contributed by atoms with Crippen molar-refractivity contribution < 1.29 is 19.0 Å². The fourth-order valence-electron chi connectivity index (χ4n) is 1.92. The van der Waals surface area contributed by atoms with Crippen LogP contribution >= 0.6 is 0 Å². The van der Waals surface area contributed by atoms with E-state index in [2.05, 4.69) is 21.6 Å². The van der Waals surface area contributed by atoms with E-state index in [0.717, 1.165) is 25.0 Å². The third kappa shape index (κ3) is 23.9. The van der Waals surface area contributed by atoms with Gasteiger partial charge in [0.25, 0.3) is 0 Å². The summed E-state index contributed by atoms with van der Waals surface area (Å²) in [6.07, 6.45) is 2.16. The highest BCUT2D eigenvalue weighted by Crippen LogP contribution is 2.04. The molecule has 0 saturated carbocycles. The molecule has 0 N–H and O–H groups in total. The van der Waals surface area contributed by atoms with E-state index >= 15 is 0 Å². The zero-order valence-corrected chi connectivity index (χ0v) is 20.4. The average molecular weight is 421 g/mol. The number of benzene rings is 2. The molecule has 0 fully saturated rings. The third-order valence-corrected chi connectivity index (χ3v) is 3.20. The molecule has 30 heavy (non-hydrogen) atoms. The van der Waals surface area contributed by atoms with E-state index in [1.54, 1.807) is 21.3 Å². The number of carbonyl (C=O) groups is 1. The minimum absolute atomic E-state index is 0.153. The van der Waals surface area contributed by atoms with Crippen molar-refractivity contribution in [3.63, 3.8) is 0 Å². The Kier molecular flexibility index (Phi) is 31.4. The van der Waals surface area contributed by atoms with Crippen LogP contribution in [0.25, 0.3) is 0 Å². The first-order valence-corrected chi connectivity index (χ1v) is 10.8. The van der Waals surface area contributed by atoms with Crippen molar-refractivity contribution in [3.05, 3.63) is 71.8 Å². The zero-order valence-electron chi connectivity index (χ0n) is 20.4. The van der Waals surface area contributed by atoms with Crippen molar-refractivity contribution in [2.45, 2.75) is 53.9 Å². The van der Waals surface area contributed by atoms with Crippen LogP contribution in [0.3, 0.4) is 0 Å². The van der Waals surface area contributed by atoms with Crippen LogP contribution in [0.1, 0.15) is 52.2 Å². The van der Waals surface area contributed by atoms with Gasteiger partial charge in [0.1, 0.15) is 0 Å². The summed E-state index contributed by atoms with van der Waals surface area (Å²) < 4.78 is 14.0. The lowest BCUT2D eigenvalue weighted by molar-refractivity contribution is -0.142. The van der Waals surface area contributed by atoms with Gasteiger partial charge in [0.15, 0.2) is 0 Å². The number of carbonyl (C=O) groups excluding carboxylic acids is 1. The molecule has 0 spiro atoms. The predicted molar refractivity (Wildman–Crippen MR) is 129 cm³/mol. The smallest absolute Gasteiger partial charge is 0.310 e. The highest BCUT2D eigenvalue weighted by Gasteiger charge is 2.03. The Balaban J connectivity index is -0.000000561. The molecule has 0 aliphatic rings. The predicted octanol–water partition coefficient (Wildman–Crippen LogP) is 6.37. The minimum atomic E-state index is -0.153. The molecule has 172 valence electrons. The van der Waals surface area contributed by atoms with Crippen molar-refractivity contribution in [1.82, 2.24) is 0 Å². The van der Waals surface area contributed by atoms with E-state index in [1.807, 2.05) is 83.1 Å². The zero-order chi connectivity index (χ0) is 23.5. The summed E-state index contributed by atoms with van der Waals surface area (Å²) in [4.78, 5) is 11.6. The number of hydrogen-bond donors (Lipinski definition) is 0. The standard InChI is InChI=1S/C17H18O2.C3H8O.C2H6O.2C2H6/c18-17(14-16-10-5-2-6-11-16)19-13-7-12-15-8-3-1-4-9-15;1-3-4-2;1-3-2;2*1-2/h1-6,8-11H,7,12-14H2;3H2,1-2H3;1-2H3;2*1-2H3. The second-order valence-corrected chi connectivity index (χ2v) is 5.46. The molecule has 0 aliphatic heterocycles. The topological polar surface area (TPSA) is 44.8 Å². The van der Waals surface area contributed by atoms with Gasteiger partial charge in [-0.3, -0.25) is 4.79 Å². The Morgan fingerprint density at radius 1 is 0.767 bits per heavy atom. The lowest BCUT2D eigenvalue weighted by atomic mass is 10.1. The van der Waals surface area contributed by atoms with Crippen LogP contribution in [0.5, 0.6) is 0 Å². The molecule has 0 atom stereocenters. The van der Waals surface area contributed by atoms with Gasteiger partial charge in [-0.1, -0.05) is 88.4 Å². The number of ether oxygens (including phenoxy) is 3. The van der Waals surface area contributed by atoms with Crippen LogP contribution in [0.15, 0.2) is 60.7 Å². The van der Waals surface area contributed by atoms with E-state index in [4.69, 9.17) is 4.74 Å². The average Bonchev–Trinajstić information content (AvgIpc) is 2.81. The van der Waals surface area contributed by atoms with Gasteiger partial charge in [-0.15, -0.1) is 0 Å². The van der Waals surface area contributed by atoms with Gasteiger partial charge in [-0.2, -0.15) is 0 Å². The van der Waals surface area contributed by atoms with Gasteiger partial charge in [-0.05, 0) is 30.9 Å². The maximum Gasteiger partial charge on any atom is 0.310 e. The van der Waals surface area contributed by atoms with Gasteiger partial charge in [0.2, 0.25) is 0 Å². The summed E-state index contributed by atoms with van der Waals surface area (Å²) in [6.45, 7) is 11.3. The quantitative estimate of drug-likeness (QED) is 0.385. The van der Waals surface area contributed by atoms with Gasteiger partial charge < -0.3 is 14.2 Å². The fourth-order valence-corrected chi connectivity index (χ4v) is 1.92. The van der Waals surface area contributed by atoms with Crippen LogP contribution in [-0.2, 0) is 31.8 Å². The van der Waals surface area contributed by atoms with Crippen molar-refractivity contribution in [1.29, 1.82) is 0 Å². The monoisotopic (exact) mass is 420 g/mol. The Morgan fingerprint density at radius 2 is 1.17 bits per heavy atom. The summed E-state index contributed by atoms with van der Waals surface area (Å²) in [5.41, 5.74) is 2.28. The van der Waals surface area contributed by atoms with Crippen LogP contribution < -0.4 is 0 Å². The van der Waals surface area contributed by atoms with E-state index < -0.39 is 0 Å². The lowest BCUT2D eigenvalue weighted by Crippen LogP contribution is -2.09. The summed E-state index contributed by atoms with van der Waals surface area (Å²) in [6, 6.07) is 19.9. The number of methoxy groups -OCH3 is 2. The molecule has 2 aromatic rings. The maximum absolute atomic E-state index is 11.6. The van der Waals surface area contributed by atoms with Crippen molar-refractivity contribution in [2.24, 2.45) is 0 Å². The molecule has 0 radical (unpaired) electrons. The summed E-state index contributed by atoms with van der Waals surface area (Å²) in [7, 11) is 4.93. The molecule has 0 bridgehead atoms.